The van der Waals surface area contributed by atoms with Crippen molar-refractivity contribution in [2.24, 2.45) is 0 Å². The van der Waals surface area contributed by atoms with E-state index in [-0.39, 0.29) is 5.91 Å². The van der Waals surface area contributed by atoms with Crippen molar-refractivity contribution in [3.63, 3.8) is 0 Å². The standard InChI is InChI=1S/C21H28N2O/c1-4-22(19-12-8-9-13-19)21(24)20-14-16(2)23(17(20)3)15-18-10-6-5-7-11-18/h5-7,10-11,14,19H,4,8-9,12-13,15H2,1-3H3. The molecule has 24 heavy (non-hydrogen) atoms. The Labute approximate surface area is 145 Å². The Bertz CT molecular complexity index is 696. The number of aromatic nitrogens is 1. The minimum Gasteiger partial charge on any atom is -0.344 e. The second-order valence-electron chi connectivity index (χ2n) is 6.89. The van der Waals surface area contributed by atoms with Crippen LogP contribution in [0.2, 0.25) is 0 Å². The highest BCUT2D eigenvalue weighted by atomic mass is 16.2. The molecule has 0 atom stereocenters. The normalized spacial score (nSPS) is 15.0. The Morgan fingerprint density at radius 3 is 2.46 bits per heavy atom. The second kappa shape index (κ2) is 7.25. The molecule has 0 N–H and O–H groups in total. The van der Waals surface area contributed by atoms with Gasteiger partial charge in [0.15, 0.2) is 0 Å². The van der Waals surface area contributed by atoms with Crippen LogP contribution in [0.4, 0.5) is 0 Å². The van der Waals surface area contributed by atoms with Crippen molar-refractivity contribution in [1.82, 2.24) is 9.47 Å². The van der Waals surface area contributed by atoms with E-state index in [0.717, 1.165) is 42.9 Å². The molecule has 3 rings (SSSR count). The van der Waals surface area contributed by atoms with Crippen LogP contribution in [0.25, 0.3) is 0 Å². The summed E-state index contributed by atoms with van der Waals surface area (Å²) in [6.45, 7) is 7.89. The molecule has 2 aromatic rings. The molecule has 1 fully saturated rings. The zero-order chi connectivity index (χ0) is 17.1. The third-order valence-electron chi connectivity index (χ3n) is 5.35. The van der Waals surface area contributed by atoms with Crippen molar-refractivity contribution < 1.29 is 4.79 Å². The average Bonchev–Trinajstić information content (AvgIpc) is 3.20. The molecule has 0 bridgehead atoms. The summed E-state index contributed by atoms with van der Waals surface area (Å²) in [5.74, 6) is 0.205. The summed E-state index contributed by atoms with van der Waals surface area (Å²) in [5, 5.41) is 0. The number of carbonyl (C=O) groups excluding carboxylic acids is 1. The van der Waals surface area contributed by atoms with Crippen molar-refractivity contribution >= 4 is 5.91 Å². The lowest BCUT2D eigenvalue weighted by atomic mass is 10.1. The zero-order valence-corrected chi connectivity index (χ0v) is 15.1. The van der Waals surface area contributed by atoms with E-state index < -0.39 is 0 Å². The highest BCUT2D eigenvalue weighted by Gasteiger charge is 2.28. The maximum absolute atomic E-state index is 13.1. The molecule has 1 aromatic heterocycles. The molecule has 1 heterocycles. The van der Waals surface area contributed by atoms with Gasteiger partial charge in [-0.05, 0) is 45.2 Å². The number of benzene rings is 1. The Balaban J connectivity index is 1.86. The summed E-state index contributed by atoms with van der Waals surface area (Å²) in [6.07, 6.45) is 4.81. The largest absolute Gasteiger partial charge is 0.344 e. The number of hydrogen-bond donors (Lipinski definition) is 0. The molecule has 0 radical (unpaired) electrons. The minimum atomic E-state index is 0.205. The van der Waals surface area contributed by atoms with Gasteiger partial charge in [-0.2, -0.15) is 0 Å². The van der Waals surface area contributed by atoms with Gasteiger partial charge in [0, 0.05) is 30.5 Å². The van der Waals surface area contributed by atoms with Crippen LogP contribution in [0.15, 0.2) is 36.4 Å². The predicted octanol–water partition coefficient (Wildman–Crippen LogP) is 4.56. The highest BCUT2D eigenvalue weighted by Crippen LogP contribution is 2.26. The van der Waals surface area contributed by atoms with E-state index in [2.05, 4.69) is 60.6 Å². The SMILES string of the molecule is CCN(C(=O)c1cc(C)n(Cc2ccccc2)c1C)C1CCCC1. The number of amides is 1. The molecular formula is C21H28N2O. The smallest absolute Gasteiger partial charge is 0.255 e. The molecule has 0 aliphatic heterocycles. The maximum atomic E-state index is 13.1. The van der Waals surface area contributed by atoms with Gasteiger partial charge >= 0.3 is 0 Å². The summed E-state index contributed by atoms with van der Waals surface area (Å²) < 4.78 is 2.26. The van der Waals surface area contributed by atoms with Crippen LogP contribution in [-0.2, 0) is 6.54 Å². The Hall–Kier alpha value is -2.03. The topological polar surface area (TPSA) is 25.2 Å². The lowest BCUT2D eigenvalue weighted by Gasteiger charge is -2.27. The van der Waals surface area contributed by atoms with Gasteiger partial charge < -0.3 is 9.47 Å². The Morgan fingerprint density at radius 1 is 1.17 bits per heavy atom. The summed E-state index contributed by atoms with van der Waals surface area (Å²) in [7, 11) is 0. The fraction of sp³-hybridized carbons (Fsp3) is 0.476. The van der Waals surface area contributed by atoms with Crippen LogP contribution in [0.5, 0.6) is 0 Å². The Kier molecular flexibility index (Phi) is 5.08. The van der Waals surface area contributed by atoms with Crippen LogP contribution < -0.4 is 0 Å². The van der Waals surface area contributed by atoms with E-state index in [1.165, 1.54) is 18.4 Å². The van der Waals surface area contributed by atoms with E-state index in [1.807, 2.05) is 6.07 Å². The van der Waals surface area contributed by atoms with Crippen LogP contribution in [-0.4, -0.2) is 28.0 Å². The van der Waals surface area contributed by atoms with Gasteiger partial charge in [0.2, 0.25) is 0 Å². The molecule has 128 valence electrons. The first-order valence-corrected chi connectivity index (χ1v) is 9.13. The van der Waals surface area contributed by atoms with Gasteiger partial charge in [-0.1, -0.05) is 43.2 Å². The van der Waals surface area contributed by atoms with Gasteiger partial charge in [-0.25, -0.2) is 0 Å². The monoisotopic (exact) mass is 324 g/mol. The van der Waals surface area contributed by atoms with Crippen molar-refractivity contribution in [2.75, 3.05) is 6.54 Å². The van der Waals surface area contributed by atoms with Crippen molar-refractivity contribution in [3.05, 3.63) is 58.9 Å². The highest BCUT2D eigenvalue weighted by molar-refractivity contribution is 5.96. The summed E-state index contributed by atoms with van der Waals surface area (Å²) >= 11 is 0. The van der Waals surface area contributed by atoms with Gasteiger partial charge in [0.1, 0.15) is 0 Å². The molecule has 1 aliphatic carbocycles. The summed E-state index contributed by atoms with van der Waals surface area (Å²) in [4.78, 5) is 15.2. The van der Waals surface area contributed by atoms with Crippen LogP contribution in [0.3, 0.4) is 0 Å². The third kappa shape index (κ3) is 3.26. The van der Waals surface area contributed by atoms with Crippen molar-refractivity contribution in [3.8, 4) is 0 Å². The molecule has 0 saturated heterocycles. The summed E-state index contributed by atoms with van der Waals surface area (Å²) in [6, 6.07) is 12.9. The molecule has 1 saturated carbocycles. The van der Waals surface area contributed by atoms with Crippen LogP contribution in [0.1, 0.15) is 59.9 Å². The molecule has 1 aromatic carbocycles. The van der Waals surface area contributed by atoms with Gasteiger partial charge in [-0.3, -0.25) is 4.79 Å². The van der Waals surface area contributed by atoms with Gasteiger partial charge in [-0.15, -0.1) is 0 Å². The quantitative estimate of drug-likeness (QED) is 0.791. The average molecular weight is 324 g/mol. The number of rotatable bonds is 5. The van der Waals surface area contributed by atoms with E-state index in [4.69, 9.17) is 0 Å². The van der Waals surface area contributed by atoms with Crippen molar-refractivity contribution in [1.29, 1.82) is 0 Å². The van der Waals surface area contributed by atoms with E-state index in [1.54, 1.807) is 0 Å². The molecule has 1 amide bonds. The zero-order valence-electron chi connectivity index (χ0n) is 15.1. The lowest BCUT2D eigenvalue weighted by Crippen LogP contribution is -2.38. The first-order valence-electron chi connectivity index (χ1n) is 9.13. The van der Waals surface area contributed by atoms with E-state index in [9.17, 15) is 4.79 Å². The second-order valence-corrected chi connectivity index (χ2v) is 6.89. The lowest BCUT2D eigenvalue weighted by molar-refractivity contribution is 0.0692. The molecule has 0 unspecified atom stereocenters. The molecule has 3 nitrogen and oxygen atoms in total. The summed E-state index contributed by atoms with van der Waals surface area (Å²) in [5.41, 5.74) is 4.37. The fourth-order valence-electron chi connectivity index (χ4n) is 3.97. The number of carbonyl (C=O) groups is 1. The fourth-order valence-corrected chi connectivity index (χ4v) is 3.97. The number of nitrogens with zero attached hydrogens (tertiary/aromatic N) is 2. The Morgan fingerprint density at radius 2 is 1.83 bits per heavy atom. The van der Waals surface area contributed by atoms with Crippen molar-refractivity contribution in [2.45, 2.75) is 59.0 Å². The van der Waals surface area contributed by atoms with E-state index >= 15 is 0 Å². The predicted molar refractivity (Wildman–Crippen MR) is 98.4 cm³/mol. The third-order valence-corrected chi connectivity index (χ3v) is 5.35. The molecular weight excluding hydrogens is 296 g/mol. The number of hydrogen-bond acceptors (Lipinski definition) is 1. The van der Waals surface area contributed by atoms with Gasteiger partial charge in [0.25, 0.3) is 5.91 Å². The molecule has 3 heteroatoms. The maximum Gasteiger partial charge on any atom is 0.255 e. The van der Waals surface area contributed by atoms with Crippen LogP contribution >= 0.6 is 0 Å². The molecule has 0 spiro atoms. The first kappa shape index (κ1) is 16.8. The molecule has 1 aliphatic rings. The minimum absolute atomic E-state index is 0.205. The van der Waals surface area contributed by atoms with Gasteiger partial charge in [0.05, 0.1) is 5.56 Å². The van der Waals surface area contributed by atoms with Crippen LogP contribution in [0, 0.1) is 13.8 Å². The van der Waals surface area contributed by atoms with E-state index in [0.29, 0.717) is 6.04 Å². The first-order chi connectivity index (χ1) is 11.6. The number of aryl methyl sites for hydroxylation is 1.